The summed E-state index contributed by atoms with van der Waals surface area (Å²) in [6.07, 6.45) is 2.22. The Balaban J connectivity index is 1.78. The lowest BCUT2D eigenvalue weighted by Gasteiger charge is -2.17. The molecule has 1 unspecified atom stereocenters. The fourth-order valence-corrected chi connectivity index (χ4v) is 4.31. The molecule has 0 aliphatic carbocycles. The van der Waals surface area contributed by atoms with Crippen LogP contribution in [0.3, 0.4) is 0 Å². The second-order valence-corrected chi connectivity index (χ2v) is 6.74. The topological polar surface area (TPSA) is 12.0 Å². The zero-order valence-electron chi connectivity index (χ0n) is 11.6. The Bertz CT molecular complexity index is 655. The number of hydrogen-bond acceptors (Lipinski definition) is 3. The van der Waals surface area contributed by atoms with E-state index in [9.17, 15) is 0 Å². The normalized spacial score (nSPS) is 12.8. The molecule has 1 nitrogen and oxygen atoms in total. The van der Waals surface area contributed by atoms with E-state index in [1.807, 2.05) is 11.3 Å². The van der Waals surface area contributed by atoms with Gasteiger partial charge >= 0.3 is 0 Å². The van der Waals surface area contributed by atoms with Gasteiger partial charge in [-0.15, -0.1) is 11.3 Å². The lowest BCUT2D eigenvalue weighted by molar-refractivity contribution is 0.524. The van der Waals surface area contributed by atoms with Crippen molar-refractivity contribution >= 4 is 32.8 Å². The molecule has 0 saturated heterocycles. The van der Waals surface area contributed by atoms with Gasteiger partial charge in [0.25, 0.3) is 0 Å². The third kappa shape index (κ3) is 3.11. The van der Waals surface area contributed by atoms with Crippen molar-refractivity contribution in [2.45, 2.75) is 25.8 Å². The van der Waals surface area contributed by atoms with Gasteiger partial charge in [-0.2, -0.15) is 11.3 Å². The third-order valence-electron chi connectivity index (χ3n) is 3.58. The molecule has 1 N–H and O–H groups in total. The van der Waals surface area contributed by atoms with Crippen LogP contribution in [0.1, 0.15) is 18.1 Å². The second-order valence-electron chi connectivity index (χ2n) is 5.05. The maximum atomic E-state index is 3.63. The minimum atomic E-state index is 0.521. The lowest BCUT2D eigenvalue weighted by atomic mass is 10.00. The van der Waals surface area contributed by atoms with Gasteiger partial charge in [0.2, 0.25) is 0 Å². The van der Waals surface area contributed by atoms with Crippen molar-refractivity contribution in [1.82, 2.24) is 5.32 Å². The van der Waals surface area contributed by atoms with Crippen LogP contribution in [0.5, 0.6) is 0 Å². The zero-order valence-corrected chi connectivity index (χ0v) is 13.3. The Morgan fingerprint density at radius 1 is 1.10 bits per heavy atom. The first-order valence-corrected chi connectivity index (χ1v) is 8.88. The van der Waals surface area contributed by atoms with E-state index < -0.39 is 0 Å². The van der Waals surface area contributed by atoms with Crippen LogP contribution < -0.4 is 5.32 Å². The summed E-state index contributed by atoms with van der Waals surface area (Å²) in [5.41, 5.74) is 2.92. The van der Waals surface area contributed by atoms with Gasteiger partial charge in [-0.25, -0.2) is 0 Å². The number of likely N-dealkylation sites (N-methyl/N-ethyl adjacent to an activating group) is 1. The number of fused-ring (bicyclic) bond motifs is 1. The van der Waals surface area contributed by atoms with Crippen LogP contribution in [0.4, 0.5) is 0 Å². The molecule has 0 radical (unpaired) electrons. The summed E-state index contributed by atoms with van der Waals surface area (Å²) in [6.45, 7) is 3.21. The number of thiophene rings is 2. The molecule has 1 atom stereocenters. The van der Waals surface area contributed by atoms with Gasteiger partial charge in [-0.05, 0) is 64.2 Å². The second kappa shape index (κ2) is 6.53. The first-order chi connectivity index (χ1) is 9.86. The van der Waals surface area contributed by atoms with Crippen molar-refractivity contribution in [2.75, 3.05) is 6.54 Å². The van der Waals surface area contributed by atoms with Crippen LogP contribution in [0, 0.1) is 0 Å². The molecule has 0 bridgehead atoms. The molecule has 1 aromatic carbocycles. The third-order valence-corrected chi connectivity index (χ3v) is 5.33. The van der Waals surface area contributed by atoms with Gasteiger partial charge in [0.15, 0.2) is 0 Å². The summed E-state index contributed by atoms with van der Waals surface area (Å²) >= 11 is 3.64. The molecule has 2 aromatic heterocycles. The van der Waals surface area contributed by atoms with Gasteiger partial charge < -0.3 is 5.32 Å². The lowest BCUT2D eigenvalue weighted by Crippen LogP contribution is -2.32. The van der Waals surface area contributed by atoms with Crippen LogP contribution in [0.15, 0.2) is 46.5 Å². The molecule has 2 heterocycles. The predicted molar refractivity (Wildman–Crippen MR) is 91.0 cm³/mol. The summed E-state index contributed by atoms with van der Waals surface area (Å²) in [7, 11) is 0. The number of hydrogen-bond donors (Lipinski definition) is 1. The molecular formula is C17H19NS2. The Labute approximate surface area is 128 Å². The van der Waals surface area contributed by atoms with Gasteiger partial charge in [-0.1, -0.05) is 25.1 Å². The van der Waals surface area contributed by atoms with Gasteiger partial charge in [0, 0.05) is 10.7 Å². The van der Waals surface area contributed by atoms with Crippen LogP contribution in [-0.4, -0.2) is 12.6 Å². The molecule has 20 heavy (non-hydrogen) atoms. The largest absolute Gasteiger partial charge is 0.314 e. The van der Waals surface area contributed by atoms with E-state index >= 15 is 0 Å². The molecule has 0 amide bonds. The highest BCUT2D eigenvalue weighted by molar-refractivity contribution is 7.17. The minimum Gasteiger partial charge on any atom is -0.314 e. The Morgan fingerprint density at radius 2 is 2.00 bits per heavy atom. The number of nitrogens with one attached hydrogen (secondary N) is 1. The Kier molecular flexibility index (Phi) is 4.51. The number of rotatable bonds is 6. The van der Waals surface area contributed by atoms with Gasteiger partial charge in [0.05, 0.1) is 0 Å². The van der Waals surface area contributed by atoms with Crippen LogP contribution in [-0.2, 0) is 12.8 Å². The highest BCUT2D eigenvalue weighted by atomic mass is 32.1. The molecule has 0 aliphatic heterocycles. The quantitative estimate of drug-likeness (QED) is 0.694. The fraction of sp³-hybridized carbons (Fsp3) is 0.294. The Morgan fingerprint density at radius 3 is 2.80 bits per heavy atom. The molecule has 104 valence electrons. The van der Waals surface area contributed by atoms with Gasteiger partial charge in [0.1, 0.15) is 0 Å². The highest BCUT2D eigenvalue weighted by Crippen LogP contribution is 2.27. The van der Waals surface area contributed by atoms with Crippen LogP contribution in [0.25, 0.3) is 10.1 Å². The van der Waals surface area contributed by atoms with E-state index in [1.54, 1.807) is 11.3 Å². The van der Waals surface area contributed by atoms with Crippen LogP contribution >= 0.6 is 22.7 Å². The van der Waals surface area contributed by atoms with Crippen molar-refractivity contribution in [3.05, 3.63) is 57.6 Å². The van der Waals surface area contributed by atoms with E-state index in [0.29, 0.717) is 6.04 Å². The first-order valence-electron chi connectivity index (χ1n) is 7.06. The molecule has 3 rings (SSSR count). The summed E-state index contributed by atoms with van der Waals surface area (Å²) in [6, 6.07) is 11.5. The predicted octanol–water partition coefficient (Wildman–Crippen LogP) is 4.73. The molecule has 0 saturated carbocycles. The standard InChI is InChI=1S/C17H19NS2/c1-2-18-15(9-13-7-8-19-11-13)10-14-12-20-17-6-4-3-5-16(14)17/h3-8,11-12,15,18H,2,9-10H2,1H3. The molecule has 0 aliphatic rings. The molecule has 0 spiro atoms. The summed E-state index contributed by atoms with van der Waals surface area (Å²) in [4.78, 5) is 0. The van der Waals surface area contributed by atoms with Crippen molar-refractivity contribution < 1.29 is 0 Å². The minimum absolute atomic E-state index is 0.521. The van der Waals surface area contributed by atoms with E-state index in [0.717, 1.165) is 19.4 Å². The fourth-order valence-electron chi connectivity index (χ4n) is 2.65. The maximum absolute atomic E-state index is 3.63. The van der Waals surface area contributed by atoms with Crippen molar-refractivity contribution in [1.29, 1.82) is 0 Å². The summed E-state index contributed by atoms with van der Waals surface area (Å²) in [5.74, 6) is 0. The van der Waals surface area contributed by atoms with Crippen molar-refractivity contribution in [2.24, 2.45) is 0 Å². The zero-order chi connectivity index (χ0) is 13.8. The van der Waals surface area contributed by atoms with E-state index in [-0.39, 0.29) is 0 Å². The molecular weight excluding hydrogens is 282 g/mol. The van der Waals surface area contributed by atoms with Crippen LogP contribution in [0.2, 0.25) is 0 Å². The van der Waals surface area contributed by atoms with Gasteiger partial charge in [-0.3, -0.25) is 0 Å². The van der Waals surface area contributed by atoms with E-state index in [1.165, 1.54) is 21.2 Å². The molecule has 0 fully saturated rings. The summed E-state index contributed by atoms with van der Waals surface area (Å²) < 4.78 is 1.40. The average Bonchev–Trinajstić information content (AvgIpc) is 3.10. The maximum Gasteiger partial charge on any atom is 0.0345 e. The van der Waals surface area contributed by atoms with Crippen molar-refractivity contribution in [3.8, 4) is 0 Å². The number of benzene rings is 1. The Hall–Kier alpha value is -1.16. The highest BCUT2D eigenvalue weighted by Gasteiger charge is 2.12. The smallest absolute Gasteiger partial charge is 0.0345 e. The molecule has 3 aromatic rings. The SMILES string of the molecule is CCNC(Cc1ccsc1)Cc1csc2ccccc12. The first kappa shape index (κ1) is 13.8. The molecule has 3 heteroatoms. The van der Waals surface area contributed by atoms with Crippen molar-refractivity contribution in [3.63, 3.8) is 0 Å². The average molecular weight is 301 g/mol. The monoisotopic (exact) mass is 301 g/mol. The van der Waals surface area contributed by atoms with E-state index in [4.69, 9.17) is 0 Å². The van der Waals surface area contributed by atoms with E-state index in [2.05, 4.69) is 58.7 Å². The summed E-state index contributed by atoms with van der Waals surface area (Å²) in [5, 5.41) is 11.8.